The van der Waals surface area contributed by atoms with Crippen molar-refractivity contribution in [2.24, 2.45) is 11.3 Å². The summed E-state index contributed by atoms with van der Waals surface area (Å²) in [6.07, 6.45) is -3.06. The molecule has 7 heteroatoms. The van der Waals surface area contributed by atoms with E-state index in [1.807, 2.05) is 6.92 Å². The van der Waals surface area contributed by atoms with E-state index in [9.17, 15) is 23.1 Å². The van der Waals surface area contributed by atoms with E-state index < -0.39 is 17.7 Å². The average molecular weight is 396 g/mol. The summed E-state index contributed by atoms with van der Waals surface area (Å²) in [6.45, 7) is 10.0. The van der Waals surface area contributed by atoms with Crippen LogP contribution in [0.3, 0.4) is 0 Å². The van der Waals surface area contributed by atoms with Crippen LogP contribution >= 0.6 is 0 Å². The van der Waals surface area contributed by atoms with Crippen molar-refractivity contribution in [3.05, 3.63) is 46.8 Å². The molecule has 1 unspecified atom stereocenters. The number of aromatic carboxylic acids is 1. The molecule has 1 aromatic heterocycles. The summed E-state index contributed by atoms with van der Waals surface area (Å²) in [4.78, 5) is 11.9. The number of hydrogen-bond acceptors (Lipinski definition) is 2. The van der Waals surface area contributed by atoms with Gasteiger partial charge < -0.3 is 5.11 Å². The fourth-order valence-electron chi connectivity index (χ4n) is 3.76. The van der Waals surface area contributed by atoms with Crippen molar-refractivity contribution in [2.75, 3.05) is 0 Å². The zero-order chi connectivity index (χ0) is 21.3. The first kappa shape index (κ1) is 22.0. The first-order chi connectivity index (χ1) is 12.8. The number of carboxylic acid groups (broad SMARTS) is 1. The van der Waals surface area contributed by atoms with Crippen molar-refractivity contribution in [3.8, 4) is 5.69 Å². The molecule has 1 heterocycles. The summed E-state index contributed by atoms with van der Waals surface area (Å²) in [5.74, 6) is -1.02. The molecular weight excluding hydrogens is 369 g/mol. The van der Waals surface area contributed by atoms with Gasteiger partial charge in [-0.1, -0.05) is 46.8 Å². The lowest BCUT2D eigenvalue weighted by atomic mass is 9.83. The lowest BCUT2D eigenvalue weighted by Gasteiger charge is -2.22. The average Bonchev–Trinajstić information content (AvgIpc) is 2.90. The van der Waals surface area contributed by atoms with Crippen LogP contribution in [0.1, 0.15) is 68.3 Å². The SMILES string of the molecule is CCc1c(C(=O)O)c(CC(C)CC(C)(C)C)nn1-c1ccccc1C(F)(F)F. The van der Waals surface area contributed by atoms with Crippen molar-refractivity contribution in [3.63, 3.8) is 0 Å². The monoisotopic (exact) mass is 396 g/mol. The van der Waals surface area contributed by atoms with Crippen molar-refractivity contribution in [1.29, 1.82) is 0 Å². The summed E-state index contributed by atoms with van der Waals surface area (Å²) in [7, 11) is 0. The van der Waals surface area contributed by atoms with E-state index in [0.717, 1.165) is 17.2 Å². The van der Waals surface area contributed by atoms with Crippen molar-refractivity contribution in [2.45, 2.75) is 60.1 Å². The highest BCUT2D eigenvalue weighted by molar-refractivity contribution is 5.90. The van der Waals surface area contributed by atoms with Gasteiger partial charge in [-0.05, 0) is 42.7 Å². The molecule has 1 atom stereocenters. The largest absolute Gasteiger partial charge is 0.478 e. The predicted molar refractivity (Wildman–Crippen MR) is 102 cm³/mol. The van der Waals surface area contributed by atoms with Crippen LogP contribution in [0, 0.1) is 11.3 Å². The topological polar surface area (TPSA) is 55.1 Å². The molecule has 0 amide bonds. The smallest absolute Gasteiger partial charge is 0.418 e. The van der Waals surface area contributed by atoms with Crippen molar-refractivity contribution >= 4 is 5.97 Å². The van der Waals surface area contributed by atoms with Crippen LogP contribution in [0.5, 0.6) is 0 Å². The first-order valence-electron chi connectivity index (χ1n) is 9.35. The maximum Gasteiger partial charge on any atom is 0.418 e. The number of aromatic nitrogens is 2. The van der Waals surface area contributed by atoms with Crippen molar-refractivity contribution < 1.29 is 23.1 Å². The lowest BCUT2D eigenvalue weighted by Crippen LogP contribution is -2.14. The van der Waals surface area contributed by atoms with E-state index in [-0.39, 0.29) is 34.7 Å². The van der Waals surface area contributed by atoms with Gasteiger partial charge in [-0.25, -0.2) is 9.48 Å². The first-order valence-corrected chi connectivity index (χ1v) is 9.35. The van der Waals surface area contributed by atoms with Crippen LogP contribution in [0.25, 0.3) is 5.69 Å². The van der Waals surface area contributed by atoms with Gasteiger partial charge in [0, 0.05) is 0 Å². The second kappa shape index (κ2) is 7.97. The molecule has 0 aliphatic carbocycles. The zero-order valence-electron chi connectivity index (χ0n) is 16.9. The maximum atomic E-state index is 13.5. The fraction of sp³-hybridized carbons (Fsp3) is 0.524. The Kier molecular flexibility index (Phi) is 6.26. The van der Waals surface area contributed by atoms with E-state index in [0.29, 0.717) is 12.1 Å². The Morgan fingerprint density at radius 3 is 2.32 bits per heavy atom. The third-order valence-electron chi connectivity index (χ3n) is 4.54. The second-order valence-corrected chi connectivity index (χ2v) is 8.43. The van der Waals surface area contributed by atoms with E-state index in [2.05, 4.69) is 25.9 Å². The molecule has 0 fully saturated rings. The number of carbonyl (C=O) groups is 1. The number of carboxylic acids is 1. The molecule has 1 N–H and O–H groups in total. The highest BCUT2D eigenvalue weighted by atomic mass is 19.4. The second-order valence-electron chi connectivity index (χ2n) is 8.43. The molecule has 2 aromatic rings. The molecule has 0 saturated carbocycles. The molecule has 154 valence electrons. The zero-order valence-corrected chi connectivity index (χ0v) is 16.9. The Balaban J connectivity index is 2.61. The van der Waals surface area contributed by atoms with Crippen molar-refractivity contribution in [1.82, 2.24) is 9.78 Å². The molecule has 4 nitrogen and oxygen atoms in total. The minimum atomic E-state index is -4.56. The Hall–Kier alpha value is -2.31. The number of rotatable bonds is 6. The molecule has 1 aromatic carbocycles. The van der Waals surface area contributed by atoms with Gasteiger partial charge >= 0.3 is 12.1 Å². The summed E-state index contributed by atoms with van der Waals surface area (Å²) in [6, 6.07) is 5.11. The Morgan fingerprint density at radius 1 is 1.21 bits per heavy atom. The Morgan fingerprint density at radius 2 is 1.82 bits per heavy atom. The minimum absolute atomic E-state index is 0.0141. The van der Waals surface area contributed by atoms with Crippen LogP contribution in [0.2, 0.25) is 0 Å². The summed E-state index contributed by atoms with van der Waals surface area (Å²) in [5.41, 5.74) is -0.301. The van der Waals surface area contributed by atoms with Gasteiger partial charge in [-0.3, -0.25) is 0 Å². The molecule has 0 radical (unpaired) electrons. The number of alkyl halides is 3. The normalized spacial score (nSPS) is 13.6. The highest BCUT2D eigenvalue weighted by Crippen LogP contribution is 2.35. The lowest BCUT2D eigenvalue weighted by molar-refractivity contribution is -0.137. The molecule has 0 spiro atoms. The summed E-state index contributed by atoms with van der Waals surface area (Å²) in [5, 5.41) is 14.1. The fourth-order valence-corrected chi connectivity index (χ4v) is 3.76. The number of para-hydroxylation sites is 1. The van der Waals surface area contributed by atoms with Gasteiger partial charge in [-0.15, -0.1) is 0 Å². The number of hydrogen-bond donors (Lipinski definition) is 1. The van der Waals surface area contributed by atoms with Crippen LogP contribution in [0.15, 0.2) is 24.3 Å². The Bertz CT molecular complexity index is 848. The van der Waals surface area contributed by atoms with Gasteiger partial charge in [0.1, 0.15) is 5.56 Å². The summed E-state index contributed by atoms with van der Waals surface area (Å²) < 4.78 is 41.6. The highest BCUT2D eigenvalue weighted by Gasteiger charge is 2.35. The van der Waals surface area contributed by atoms with Gasteiger partial charge in [0.15, 0.2) is 0 Å². The van der Waals surface area contributed by atoms with E-state index in [4.69, 9.17) is 0 Å². The molecule has 2 rings (SSSR count). The maximum absolute atomic E-state index is 13.5. The predicted octanol–water partition coefficient (Wildman–Crippen LogP) is 5.77. The van der Waals surface area contributed by atoms with Gasteiger partial charge in [0.2, 0.25) is 0 Å². The molecular formula is C21H27F3N2O2. The standard InChI is InChI=1S/C21H27F3N2O2/c1-6-16-18(19(27)28)15(11-13(2)12-20(3,4)5)25-26(16)17-10-8-7-9-14(17)21(22,23)24/h7-10,13H,6,11-12H2,1-5H3,(H,27,28). The third-order valence-corrected chi connectivity index (χ3v) is 4.54. The van der Waals surface area contributed by atoms with Gasteiger partial charge in [0.25, 0.3) is 0 Å². The van der Waals surface area contributed by atoms with Crippen LogP contribution in [-0.2, 0) is 19.0 Å². The molecule has 0 aliphatic heterocycles. The van der Waals surface area contributed by atoms with E-state index in [1.165, 1.54) is 18.2 Å². The molecule has 28 heavy (non-hydrogen) atoms. The van der Waals surface area contributed by atoms with E-state index >= 15 is 0 Å². The number of halogens is 3. The molecule has 0 aliphatic rings. The van der Waals surface area contributed by atoms with Crippen LogP contribution in [-0.4, -0.2) is 20.9 Å². The third kappa shape index (κ3) is 4.94. The van der Waals surface area contributed by atoms with Crippen LogP contribution in [0.4, 0.5) is 13.2 Å². The molecule has 0 bridgehead atoms. The molecule has 0 saturated heterocycles. The van der Waals surface area contributed by atoms with Gasteiger partial charge in [-0.2, -0.15) is 18.3 Å². The summed E-state index contributed by atoms with van der Waals surface area (Å²) >= 11 is 0. The number of benzene rings is 1. The Labute approximate surface area is 163 Å². The van der Waals surface area contributed by atoms with Gasteiger partial charge in [0.05, 0.1) is 22.6 Å². The number of nitrogens with zero attached hydrogens (tertiary/aromatic N) is 2. The minimum Gasteiger partial charge on any atom is -0.478 e. The van der Waals surface area contributed by atoms with Crippen LogP contribution < -0.4 is 0 Å². The quantitative estimate of drug-likeness (QED) is 0.675. The van der Waals surface area contributed by atoms with E-state index in [1.54, 1.807) is 6.92 Å².